The van der Waals surface area contributed by atoms with Gasteiger partial charge >= 0.3 is 0 Å². The second-order valence-corrected chi connectivity index (χ2v) is 5.07. The number of nitrogens with two attached hydrogens (primary N) is 1. The van der Waals surface area contributed by atoms with Crippen molar-refractivity contribution in [2.24, 2.45) is 5.73 Å². The van der Waals surface area contributed by atoms with E-state index in [-0.39, 0.29) is 10.3 Å². The van der Waals surface area contributed by atoms with Crippen LogP contribution in [0.15, 0.2) is 6.08 Å². The summed E-state index contributed by atoms with van der Waals surface area (Å²) in [4.78, 5) is 7.51. The van der Waals surface area contributed by atoms with Crippen LogP contribution in [0.3, 0.4) is 0 Å². The van der Waals surface area contributed by atoms with Gasteiger partial charge in [0, 0.05) is 0 Å². The molecular formula is C9H8Cl3N3. The second-order valence-electron chi connectivity index (χ2n) is 3.54. The summed E-state index contributed by atoms with van der Waals surface area (Å²) in [5.74, 6) is 0. The molecule has 1 aromatic rings. The van der Waals surface area contributed by atoms with E-state index in [1.54, 1.807) is 12.2 Å². The van der Waals surface area contributed by atoms with E-state index < -0.39 is 10.9 Å². The molecule has 1 aliphatic carbocycles. The van der Waals surface area contributed by atoms with Gasteiger partial charge in [-0.25, -0.2) is 9.97 Å². The molecule has 15 heavy (non-hydrogen) atoms. The van der Waals surface area contributed by atoms with E-state index in [9.17, 15) is 0 Å². The van der Waals surface area contributed by atoms with Crippen LogP contribution in [0.2, 0.25) is 10.3 Å². The Morgan fingerprint density at radius 2 is 1.93 bits per heavy atom. The number of rotatable bonds is 0. The molecule has 2 rings (SSSR count). The maximum absolute atomic E-state index is 6.19. The fraction of sp³-hybridized carbons (Fsp3) is 0.333. The molecule has 0 saturated carbocycles. The standard InChI is InChI=1S/C9H8Cl3N3/c1-9(12)3-2-4-5(6(9)13)15-8(11)7(10)14-4/h2-3,6H,13H2,1H3. The van der Waals surface area contributed by atoms with Crippen molar-refractivity contribution in [3.8, 4) is 0 Å². The highest BCUT2D eigenvalue weighted by molar-refractivity contribution is 6.40. The van der Waals surface area contributed by atoms with Gasteiger partial charge in [0.25, 0.3) is 0 Å². The first-order chi connectivity index (χ1) is 6.92. The highest BCUT2D eigenvalue weighted by atomic mass is 35.5. The van der Waals surface area contributed by atoms with Crippen LogP contribution in [0.5, 0.6) is 0 Å². The molecule has 1 aromatic heterocycles. The highest BCUT2D eigenvalue weighted by Gasteiger charge is 2.34. The predicted molar refractivity (Wildman–Crippen MR) is 62.3 cm³/mol. The van der Waals surface area contributed by atoms with Crippen LogP contribution in [0, 0.1) is 0 Å². The summed E-state index contributed by atoms with van der Waals surface area (Å²) in [6.07, 6.45) is 3.53. The van der Waals surface area contributed by atoms with Gasteiger partial charge in [-0.2, -0.15) is 0 Å². The fourth-order valence-corrected chi connectivity index (χ4v) is 1.82. The summed E-state index contributed by atoms with van der Waals surface area (Å²) in [7, 11) is 0. The predicted octanol–water partition coefficient (Wildman–Crippen LogP) is 2.81. The summed E-state index contributed by atoms with van der Waals surface area (Å²) in [6.45, 7) is 1.81. The Bertz CT molecular complexity index is 442. The highest BCUT2D eigenvalue weighted by Crippen LogP contribution is 2.37. The lowest BCUT2D eigenvalue weighted by Crippen LogP contribution is -2.35. The van der Waals surface area contributed by atoms with E-state index in [0.717, 1.165) is 0 Å². The van der Waals surface area contributed by atoms with Crippen molar-refractivity contribution >= 4 is 40.9 Å². The van der Waals surface area contributed by atoms with Crippen molar-refractivity contribution in [1.29, 1.82) is 0 Å². The van der Waals surface area contributed by atoms with Gasteiger partial charge in [0.1, 0.15) is 0 Å². The normalized spacial score (nSPS) is 29.0. The number of alkyl halides is 1. The molecule has 2 unspecified atom stereocenters. The van der Waals surface area contributed by atoms with Crippen LogP contribution in [0.4, 0.5) is 0 Å². The molecule has 2 atom stereocenters. The third kappa shape index (κ3) is 1.85. The summed E-state index contributed by atoms with van der Waals surface area (Å²) in [5.41, 5.74) is 7.15. The van der Waals surface area contributed by atoms with Gasteiger partial charge in [0.15, 0.2) is 10.3 Å². The topological polar surface area (TPSA) is 51.8 Å². The molecule has 0 fully saturated rings. The van der Waals surface area contributed by atoms with Gasteiger partial charge in [0.2, 0.25) is 0 Å². The number of halogens is 3. The molecular weight excluding hydrogens is 256 g/mol. The Morgan fingerprint density at radius 3 is 2.60 bits per heavy atom. The monoisotopic (exact) mass is 263 g/mol. The number of aromatic nitrogens is 2. The molecule has 1 heterocycles. The van der Waals surface area contributed by atoms with Gasteiger partial charge in [-0.05, 0) is 13.0 Å². The molecule has 0 radical (unpaired) electrons. The fourth-order valence-electron chi connectivity index (χ4n) is 1.38. The Labute approximate surface area is 102 Å². The van der Waals surface area contributed by atoms with Gasteiger partial charge < -0.3 is 5.73 Å². The molecule has 80 valence electrons. The zero-order valence-electron chi connectivity index (χ0n) is 7.84. The van der Waals surface area contributed by atoms with E-state index in [1.807, 2.05) is 6.92 Å². The number of hydrogen-bond acceptors (Lipinski definition) is 3. The van der Waals surface area contributed by atoms with E-state index in [0.29, 0.717) is 11.4 Å². The molecule has 3 nitrogen and oxygen atoms in total. The first-order valence-corrected chi connectivity index (χ1v) is 5.42. The zero-order chi connectivity index (χ0) is 11.2. The molecule has 0 saturated heterocycles. The van der Waals surface area contributed by atoms with E-state index in [4.69, 9.17) is 40.5 Å². The third-order valence-electron chi connectivity index (χ3n) is 2.34. The third-order valence-corrected chi connectivity index (χ3v) is 3.32. The average Bonchev–Trinajstić information content (AvgIpc) is 2.16. The molecule has 6 heteroatoms. The maximum atomic E-state index is 6.19. The largest absolute Gasteiger partial charge is 0.321 e. The van der Waals surface area contributed by atoms with Gasteiger partial charge in [-0.3, -0.25) is 0 Å². The lowest BCUT2D eigenvalue weighted by Gasteiger charge is -2.29. The molecule has 2 N–H and O–H groups in total. The molecule has 0 bridgehead atoms. The number of fused-ring (bicyclic) bond motifs is 1. The maximum Gasteiger partial charge on any atom is 0.167 e. The van der Waals surface area contributed by atoms with Crippen LogP contribution in [0.1, 0.15) is 24.4 Å². The molecule has 0 spiro atoms. The SMILES string of the molecule is CC1(Cl)C=Cc2nc(Cl)c(Cl)nc2C1N. The first kappa shape index (κ1) is 11.1. The van der Waals surface area contributed by atoms with Crippen molar-refractivity contribution < 1.29 is 0 Å². The van der Waals surface area contributed by atoms with Crippen LogP contribution >= 0.6 is 34.8 Å². The zero-order valence-corrected chi connectivity index (χ0v) is 10.1. The first-order valence-electron chi connectivity index (χ1n) is 4.28. The van der Waals surface area contributed by atoms with E-state index >= 15 is 0 Å². The molecule has 1 aliphatic rings. The number of hydrogen-bond donors (Lipinski definition) is 1. The molecule has 0 aliphatic heterocycles. The number of nitrogens with zero attached hydrogens (tertiary/aromatic N) is 2. The molecule has 0 amide bonds. The minimum absolute atomic E-state index is 0.147. The van der Waals surface area contributed by atoms with Gasteiger partial charge in [-0.1, -0.05) is 29.3 Å². The van der Waals surface area contributed by atoms with Crippen LogP contribution in [0.25, 0.3) is 6.08 Å². The minimum atomic E-state index is -0.668. The van der Waals surface area contributed by atoms with Gasteiger partial charge in [0.05, 0.1) is 22.3 Å². The van der Waals surface area contributed by atoms with Crippen molar-refractivity contribution in [2.45, 2.75) is 17.8 Å². The van der Waals surface area contributed by atoms with Crippen LogP contribution < -0.4 is 5.73 Å². The summed E-state index contributed by atoms with van der Waals surface area (Å²) >= 11 is 17.7. The Kier molecular flexibility index (Phi) is 2.67. The Hall–Kier alpha value is -0.350. The quantitative estimate of drug-likeness (QED) is 0.733. The van der Waals surface area contributed by atoms with E-state index in [1.165, 1.54) is 0 Å². The van der Waals surface area contributed by atoms with Crippen molar-refractivity contribution in [1.82, 2.24) is 9.97 Å². The van der Waals surface area contributed by atoms with E-state index in [2.05, 4.69) is 9.97 Å². The van der Waals surface area contributed by atoms with Crippen LogP contribution in [-0.4, -0.2) is 14.8 Å². The second kappa shape index (κ2) is 3.59. The average molecular weight is 265 g/mol. The lowest BCUT2D eigenvalue weighted by molar-refractivity contribution is 0.576. The smallest absolute Gasteiger partial charge is 0.167 e. The summed E-state index contributed by atoms with van der Waals surface area (Å²) < 4.78 is 0. The van der Waals surface area contributed by atoms with Crippen LogP contribution in [-0.2, 0) is 0 Å². The Balaban J connectivity index is 2.61. The Morgan fingerprint density at radius 1 is 1.33 bits per heavy atom. The lowest BCUT2D eigenvalue weighted by atomic mass is 9.92. The van der Waals surface area contributed by atoms with Crippen molar-refractivity contribution in [2.75, 3.05) is 0 Å². The molecule has 0 aromatic carbocycles. The van der Waals surface area contributed by atoms with Gasteiger partial charge in [-0.15, -0.1) is 11.6 Å². The van der Waals surface area contributed by atoms with Crippen molar-refractivity contribution in [3.05, 3.63) is 27.8 Å². The summed E-state index contributed by atoms with van der Waals surface area (Å²) in [5, 5.41) is 0.319. The van der Waals surface area contributed by atoms with Crippen molar-refractivity contribution in [3.63, 3.8) is 0 Å². The minimum Gasteiger partial charge on any atom is -0.321 e. The summed E-state index contributed by atoms with van der Waals surface area (Å²) in [6, 6.07) is -0.443.